The highest BCUT2D eigenvalue weighted by Crippen LogP contribution is 2.29. The molecule has 1 aliphatic rings. The van der Waals surface area contributed by atoms with E-state index in [2.05, 4.69) is 43.4 Å². The van der Waals surface area contributed by atoms with E-state index in [0.29, 0.717) is 6.04 Å². The largest absolute Gasteiger partial charge is 0.382 e. The maximum atomic E-state index is 5.84. The number of hydrogen-bond acceptors (Lipinski definition) is 2. The molecule has 2 rings (SSSR count). The molecule has 1 N–H and O–H groups in total. The van der Waals surface area contributed by atoms with Crippen LogP contribution in [0.25, 0.3) is 0 Å². The molecule has 1 aromatic rings. The van der Waals surface area contributed by atoms with Gasteiger partial charge in [-0.3, -0.25) is 0 Å². The van der Waals surface area contributed by atoms with Crippen LogP contribution in [0.3, 0.4) is 0 Å². The predicted molar refractivity (Wildman–Crippen MR) is 67.7 cm³/mol. The molecule has 0 aliphatic carbocycles. The van der Waals surface area contributed by atoms with Crippen molar-refractivity contribution in [3.63, 3.8) is 0 Å². The first-order valence-electron chi connectivity index (χ1n) is 6.17. The molecule has 16 heavy (non-hydrogen) atoms. The van der Waals surface area contributed by atoms with Gasteiger partial charge in [0.25, 0.3) is 0 Å². The van der Waals surface area contributed by atoms with Crippen LogP contribution in [-0.2, 0) is 4.74 Å². The van der Waals surface area contributed by atoms with Crippen molar-refractivity contribution in [2.45, 2.75) is 44.8 Å². The number of ether oxygens (including phenoxy) is 1. The van der Waals surface area contributed by atoms with Crippen LogP contribution in [-0.4, -0.2) is 18.2 Å². The first-order chi connectivity index (χ1) is 7.72. The number of rotatable bonds is 3. The van der Waals surface area contributed by atoms with Gasteiger partial charge < -0.3 is 10.1 Å². The van der Waals surface area contributed by atoms with Crippen molar-refractivity contribution in [3.05, 3.63) is 30.3 Å². The molecular weight excluding hydrogens is 198 g/mol. The van der Waals surface area contributed by atoms with Gasteiger partial charge in [0, 0.05) is 18.3 Å². The van der Waals surface area contributed by atoms with Gasteiger partial charge in [-0.2, -0.15) is 0 Å². The minimum Gasteiger partial charge on any atom is -0.382 e. The second-order valence-electron chi connectivity index (χ2n) is 4.85. The van der Waals surface area contributed by atoms with Crippen molar-refractivity contribution in [2.75, 3.05) is 11.9 Å². The summed E-state index contributed by atoms with van der Waals surface area (Å²) in [6.45, 7) is 5.28. The molecule has 1 saturated heterocycles. The Kier molecular flexibility index (Phi) is 3.49. The zero-order valence-corrected chi connectivity index (χ0v) is 10.2. The second kappa shape index (κ2) is 4.88. The van der Waals surface area contributed by atoms with E-state index in [0.717, 1.165) is 25.9 Å². The zero-order valence-electron chi connectivity index (χ0n) is 10.2. The number of hydrogen-bond donors (Lipinski definition) is 1. The first-order valence-corrected chi connectivity index (χ1v) is 6.17. The van der Waals surface area contributed by atoms with Crippen LogP contribution in [0.2, 0.25) is 0 Å². The molecular formula is C14H21NO. The summed E-state index contributed by atoms with van der Waals surface area (Å²) in [5.41, 5.74) is 1.28. The van der Waals surface area contributed by atoms with Crippen molar-refractivity contribution >= 4 is 5.69 Å². The summed E-state index contributed by atoms with van der Waals surface area (Å²) in [6, 6.07) is 11.0. The summed E-state index contributed by atoms with van der Waals surface area (Å²) < 4.78 is 5.84. The average Bonchev–Trinajstić information content (AvgIpc) is 2.30. The fourth-order valence-corrected chi connectivity index (χ4v) is 2.27. The lowest BCUT2D eigenvalue weighted by Gasteiger charge is -2.38. The van der Waals surface area contributed by atoms with Crippen LogP contribution in [0.4, 0.5) is 5.69 Å². The number of para-hydroxylation sites is 1. The fraction of sp³-hybridized carbons (Fsp3) is 0.571. The highest BCUT2D eigenvalue weighted by atomic mass is 16.5. The monoisotopic (exact) mass is 219 g/mol. The Labute approximate surface area is 98.0 Å². The topological polar surface area (TPSA) is 21.3 Å². The fourth-order valence-electron chi connectivity index (χ4n) is 2.27. The van der Waals surface area contributed by atoms with Crippen LogP contribution < -0.4 is 5.32 Å². The summed E-state index contributed by atoms with van der Waals surface area (Å²) in [5.74, 6) is 0. The third kappa shape index (κ3) is 2.76. The molecule has 2 heteroatoms. The molecule has 88 valence electrons. The Balaban J connectivity index is 1.96. The lowest BCUT2D eigenvalue weighted by atomic mass is 9.90. The van der Waals surface area contributed by atoms with Gasteiger partial charge in [0.15, 0.2) is 0 Å². The Hall–Kier alpha value is -1.02. The van der Waals surface area contributed by atoms with Crippen molar-refractivity contribution in [1.82, 2.24) is 0 Å². The highest BCUT2D eigenvalue weighted by molar-refractivity contribution is 5.43. The van der Waals surface area contributed by atoms with E-state index in [-0.39, 0.29) is 5.60 Å². The smallest absolute Gasteiger partial charge is 0.0671 e. The number of nitrogens with one attached hydrogen (secondary N) is 1. The summed E-state index contributed by atoms with van der Waals surface area (Å²) >= 11 is 0. The first kappa shape index (κ1) is 11.5. The molecule has 0 spiro atoms. The highest BCUT2D eigenvalue weighted by Gasteiger charge is 2.31. The maximum absolute atomic E-state index is 5.84. The summed E-state index contributed by atoms with van der Waals surface area (Å²) in [4.78, 5) is 0. The lowest BCUT2D eigenvalue weighted by Crippen LogP contribution is -2.41. The Bertz CT molecular complexity index is 325. The van der Waals surface area contributed by atoms with Gasteiger partial charge in [-0.15, -0.1) is 0 Å². The standard InChI is InChI=1S/C14H21NO/c1-3-14(2)11-13(9-10-16-14)15-12-7-5-4-6-8-12/h4-8,13,15H,3,9-11H2,1-2H3. The van der Waals surface area contributed by atoms with Crippen molar-refractivity contribution in [1.29, 1.82) is 0 Å². The van der Waals surface area contributed by atoms with E-state index >= 15 is 0 Å². The van der Waals surface area contributed by atoms with Crippen LogP contribution in [0.1, 0.15) is 33.1 Å². The van der Waals surface area contributed by atoms with E-state index in [1.54, 1.807) is 0 Å². The van der Waals surface area contributed by atoms with Gasteiger partial charge >= 0.3 is 0 Å². The predicted octanol–water partition coefficient (Wildman–Crippen LogP) is 3.45. The second-order valence-corrected chi connectivity index (χ2v) is 4.85. The summed E-state index contributed by atoms with van der Waals surface area (Å²) in [7, 11) is 0. The van der Waals surface area contributed by atoms with Gasteiger partial charge in [0.05, 0.1) is 5.60 Å². The quantitative estimate of drug-likeness (QED) is 0.840. The van der Waals surface area contributed by atoms with Crippen LogP contribution >= 0.6 is 0 Å². The lowest BCUT2D eigenvalue weighted by molar-refractivity contribution is -0.0708. The molecule has 1 fully saturated rings. The summed E-state index contributed by atoms with van der Waals surface area (Å²) in [5, 5.41) is 3.59. The molecule has 2 nitrogen and oxygen atoms in total. The third-order valence-electron chi connectivity index (χ3n) is 3.49. The van der Waals surface area contributed by atoms with Crippen molar-refractivity contribution < 1.29 is 4.74 Å². The molecule has 0 bridgehead atoms. The maximum Gasteiger partial charge on any atom is 0.0671 e. The Morgan fingerprint density at radius 2 is 2.12 bits per heavy atom. The van der Waals surface area contributed by atoms with E-state index in [1.165, 1.54) is 5.69 Å². The van der Waals surface area contributed by atoms with Gasteiger partial charge in [-0.05, 0) is 38.3 Å². The third-order valence-corrected chi connectivity index (χ3v) is 3.49. The molecule has 1 aromatic carbocycles. The minimum absolute atomic E-state index is 0.0602. The molecule has 0 aromatic heterocycles. The van der Waals surface area contributed by atoms with Gasteiger partial charge in [0.2, 0.25) is 0 Å². The average molecular weight is 219 g/mol. The van der Waals surface area contributed by atoms with Gasteiger partial charge in [-0.25, -0.2) is 0 Å². The minimum atomic E-state index is 0.0602. The van der Waals surface area contributed by atoms with E-state index in [1.807, 2.05) is 6.07 Å². The zero-order chi connectivity index (χ0) is 11.4. The van der Waals surface area contributed by atoms with E-state index in [4.69, 9.17) is 4.74 Å². The SMILES string of the molecule is CCC1(C)CC(Nc2ccccc2)CCO1. The van der Waals surface area contributed by atoms with E-state index < -0.39 is 0 Å². The molecule has 1 aliphatic heterocycles. The Morgan fingerprint density at radius 1 is 1.38 bits per heavy atom. The molecule has 2 atom stereocenters. The van der Waals surface area contributed by atoms with E-state index in [9.17, 15) is 0 Å². The van der Waals surface area contributed by atoms with Crippen molar-refractivity contribution in [2.24, 2.45) is 0 Å². The molecule has 0 saturated carbocycles. The van der Waals surface area contributed by atoms with Crippen LogP contribution in [0.15, 0.2) is 30.3 Å². The van der Waals surface area contributed by atoms with Crippen LogP contribution in [0.5, 0.6) is 0 Å². The molecule has 0 amide bonds. The van der Waals surface area contributed by atoms with Gasteiger partial charge in [0.1, 0.15) is 0 Å². The number of anilines is 1. The van der Waals surface area contributed by atoms with Crippen molar-refractivity contribution in [3.8, 4) is 0 Å². The Morgan fingerprint density at radius 3 is 2.81 bits per heavy atom. The molecule has 2 unspecified atom stereocenters. The normalized spacial score (nSPS) is 30.0. The molecule has 1 heterocycles. The summed E-state index contributed by atoms with van der Waals surface area (Å²) in [6.07, 6.45) is 3.28. The number of benzene rings is 1. The molecule has 0 radical (unpaired) electrons. The van der Waals surface area contributed by atoms with Gasteiger partial charge in [-0.1, -0.05) is 25.1 Å². The van der Waals surface area contributed by atoms with Crippen LogP contribution in [0, 0.1) is 0 Å².